The minimum Gasteiger partial charge on any atom is -0.339 e. The molecule has 26 heavy (non-hydrogen) atoms. The van der Waals surface area contributed by atoms with Gasteiger partial charge in [0, 0.05) is 60.9 Å². The minimum absolute atomic E-state index is 0.0829. The van der Waals surface area contributed by atoms with Crippen molar-refractivity contribution >= 4 is 43.9 Å². The highest BCUT2D eigenvalue weighted by molar-refractivity contribution is 7.27. The summed E-state index contributed by atoms with van der Waals surface area (Å²) in [5, 5.41) is 2.05. The maximum Gasteiger partial charge on any atom is 0.264 e. The van der Waals surface area contributed by atoms with Crippen LogP contribution in [-0.2, 0) is 11.3 Å². The van der Waals surface area contributed by atoms with Crippen LogP contribution in [-0.4, -0.2) is 57.3 Å². The molecule has 3 aromatic rings. The first-order valence-electron chi connectivity index (χ1n) is 8.63. The maximum absolute atomic E-state index is 12.7. The van der Waals surface area contributed by atoms with Crippen LogP contribution in [0.25, 0.3) is 9.40 Å². The molecule has 0 aromatic carbocycles. The Balaban J connectivity index is 1.30. The molecule has 2 amide bonds. The number of hydrogen-bond acceptors (Lipinski definition) is 5. The molecule has 1 fully saturated rings. The van der Waals surface area contributed by atoms with E-state index in [1.807, 2.05) is 38.9 Å². The third-order valence-corrected chi connectivity index (χ3v) is 6.84. The van der Waals surface area contributed by atoms with Crippen LogP contribution >= 0.6 is 22.7 Å². The van der Waals surface area contributed by atoms with E-state index in [9.17, 15) is 9.59 Å². The molecule has 0 radical (unpaired) electrons. The fraction of sp³-hybridized carbons (Fsp3) is 0.389. The summed E-state index contributed by atoms with van der Waals surface area (Å²) in [7, 11) is 0. The Morgan fingerprint density at radius 2 is 1.92 bits per heavy atom. The summed E-state index contributed by atoms with van der Waals surface area (Å²) in [5.41, 5.74) is 0. The number of carbonyl (C=O) groups excluding carboxylic acids is 2. The molecule has 136 valence electrons. The van der Waals surface area contributed by atoms with Crippen molar-refractivity contribution in [2.75, 3.05) is 26.2 Å². The van der Waals surface area contributed by atoms with Gasteiger partial charge in [-0.2, -0.15) is 0 Å². The molecule has 4 heterocycles. The van der Waals surface area contributed by atoms with Gasteiger partial charge in [0.25, 0.3) is 5.91 Å². The molecular weight excluding hydrogens is 368 g/mol. The van der Waals surface area contributed by atoms with Crippen molar-refractivity contribution in [1.82, 2.24) is 19.4 Å². The lowest BCUT2D eigenvalue weighted by atomic mass is 10.2. The van der Waals surface area contributed by atoms with E-state index in [1.54, 1.807) is 28.9 Å². The van der Waals surface area contributed by atoms with Crippen molar-refractivity contribution in [3.8, 4) is 0 Å². The Morgan fingerprint density at radius 1 is 1.15 bits per heavy atom. The fourth-order valence-electron chi connectivity index (χ4n) is 3.20. The van der Waals surface area contributed by atoms with E-state index >= 15 is 0 Å². The summed E-state index contributed by atoms with van der Waals surface area (Å²) in [6.45, 7) is 4.99. The zero-order chi connectivity index (χ0) is 18.1. The minimum atomic E-state index is 0.0829. The number of aromatic nitrogens is 2. The standard InChI is InChI=1S/C18H20N4O2S2/c1-13-19-4-6-20(13)5-2-17(23)21-7-9-22(10-8-21)18(24)16-12-15-14(26-16)3-11-25-15/h3-4,6,11-12H,2,5,7-10H2,1H3. The van der Waals surface area contributed by atoms with Crippen LogP contribution < -0.4 is 0 Å². The number of aryl methyl sites for hydroxylation is 2. The Kier molecular flexibility index (Phi) is 4.78. The lowest BCUT2D eigenvalue weighted by Crippen LogP contribution is -2.50. The van der Waals surface area contributed by atoms with Gasteiger partial charge in [0.15, 0.2) is 0 Å². The first kappa shape index (κ1) is 17.2. The van der Waals surface area contributed by atoms with Gasteiger partial charge in [0.2, 0.25) is 5.91 Å². The molecule has 1 aliphatic rings. The van der Waals surface area contributed by atoms with Gasteiger partial charge >= 0.3 is 0 Å². The first-order chi connectivity index (χ1) is 12.6. The highest BCUT2D eigenvalue weighted by Gasteiger charge is 2.25. The van der Waals surface area contributed by atoms with Crippen LogP contribution in [0, 0.1) is 6.92 Å². The van der Waals surface area contributed by atoms with Gasteiger partial charge in [-0.1, -0.05) is 0 Å². The summed E-state index contributed by atoms with van der Waals surface area (Å²) in [4.78, 5) is 33.8. The van der Waals surface area contributed by atoms with Crippen molar-refractivity contribution in [3.63, 3.8) is 0 Å². The average molecular weight is 389 g/mol. The second-order valence-corrected chi connectivity index (χ2v) is 8.38. The van der Waals surface area contributed by atoms with E-state index in [2.05, 4.69) is 11.1 Å². The molecule has 0 bridgehead atoms. The third kappa shape index (κ3) is 3.39. The average Bonchev–Trinajstić information content (AvgIpc) is 3.35. The number of piperazine rings is 1. The number of fused-ring (bicyclic) bond motifs is 1. The summed E-state index contributed by atoms with van der Waals surface area (Å²) in [6, 6.07) is 4.04. The number of nitrogens with zero attached hydrogens (tertiary/aromatic N) is 4. The van der Waals surface area contributed by atoms with E-state index in [0.29, 0.717) is 39.1 Å². The summed E-state index contributed by atoms with van der Waals surface area (Å²) in [5.74, 6) is 1.14. The van der Waals surface area contributed by atoms with Crippen LogP contribution in [0.2, 0.25) is 0 Å². The molecule has 0 aliphatic carbocycles. The van der Waals surface area contributed by atoms with E-state index in [1.165, 1.54) is 9.40 Å². The zero-order valence-corrected chi connectivity index (χ0v) is 16.2. The molecule has 3 aromatic heterocycles. The molecule has 4 rings (SSSR count). The SMILES string of the molecule is Cc1nccn1CCC(=O)N1CCN(C(=O)c2cc3sccc3s2)CC1. The fourth-order valence-corrected chi connectivity index (χ4v) is 5.28. The molecule has 0 atom stereocenters. The molecule has 0 saturated carbocycles. The topological polar surface area (TPSA) is 58.4 Å². The van der Waals surface area contributed by atoms with Crippen LogP contribution in [0.15, 0.2) is 29.9 Å². The van der Waals surface area contributed by atoms with Crippen molar-refractivity contribution in [2.45, 2.75) is 19.9 Å². The lowest BCUT2D eigenvalue weighted by molar-refractivity contribution is -0.132. The smallest absolute Gasteiger partial charge is 0.264 e. The summed E-state index contributed by atoms with van der Waals surface area (Å²) < 4.78 is 4.32. The number of rotatable bonds is 4. The number of imidazole rings is 1. The van der Waals surface area contributed by atoms with Gasteiger partial charge in [-0.25, -0.2) is 4.98 Å². The van der Waals surface area contributed by atoms with Crippen LogP contribution in [0.3, 0.4) is 0 Å². The van der Waals surface area contributed by atoms with Gasteiger partial charge in [0.1, 0.15) is 5.82 Å². The molecule has 0 unspecified atom stereocenters. The Bertz CT molecular complexity index is 905. The highest BCUT2D eigenvalue weighted by atomic mass is 32.1. The van der Waals surface area contributed by atoms with Crippen LogP contribution in [0.4, 0.5) is 0 Å². The normalized spacial score (nSPS) is 15.0. The predicted octanol–water partition coefficient (Wildman–Crippen LogP) is 2.84. The van der Waals surface area contributed by atoms with Gasteiger partial charge in [-0.05, 0) is 24.4 Å². The van der Waals surface area contributed by atoms with Crippen molar-refractivity contribution in [3.05, 3.63) is 40.6 Å². The quantitative estimate of drug-likeness (QED) is 0.691. The molecular formula is C18H20N4O2S2. The Morgan fingerprint density at radius 3 is 2.62 bits per heavy atom. The summed E-state index contributed by atoms with van der Waals surface area (Å²) >= 11 is 3.21. The number of hydrogen-bond donors (Lipinski definition) is 0. The maximum atomic E-state index is 12.7. The van der Waals surface area contributed by atoms with Gasteiger partial charge < -0.3 is 14.4 Å². The predicted molar refractivity (Wildman–Crippen MR) is 104 cm³/mol. The monoisotopic (exact) mass is 388 g/mol. The van der Waals surface area contributed by atoms with Crippen LogP contribution in [0.1, 0.15) is 21.9 Å². The third-order valence-electron chi connectivity index (χ3n) is 4.76. The van der Waals surface area contributed by atoms with Crippen LogP contribution in [0.5, 0.6) is 0 Å². The first-order valence-corrected chi connectivity index (χ1v) is 10.3. The van der Waals surface area contributed by atoms with E-state index in [-0.39, 0.29) is 11.8 Å². The Labute approximate surface area is 159 Å². The van der Waals surface area contributed by atoms with Crippen molar-refractivity contribution in [1.29, 1.82) is 0 Å². The molecule has 0 N–H and O–H groups in total. The largest absolute Gasteiger partial charge is 0.339 e. The zero-order valence-electron chi connectivity index (χ0n) is 14.6. The number of amides is 2. The highest BCUT2D eigenvalue weighted by Crippen LogP contribution is 2.30. The number of thiophene rings is 2. The molecule has 8 heteroatoms. The lowest BCUT2D eigenvalue weighted by Gasteiger charge is -2.34. The molecule has 1 saturated heterocycles. The molecule has 1 aliphatic heterocycles. The second kappa shape index (κ2) is 7.20. The van der Waals surface area contributed by atoms with Crippen molar-refractivity contribution < 1.29 is 9.59 Å². The second-order valence-electron chi connectivity index (χ2n) is 6.35. The molecule has 6 nitrogen and oxygen atoms in total. The van der Waals surface area contributed by atoms with E-state index < -0.39 is 0 Å². The van der Waals surface area contributed by atoms with Crippen molar-refractivity contribution in [2.24, 2.45) is 0 Å². The number of carbonyl (C=O) groups is 2. The van der Waals surface area contributed by atoms with Gasteiger partial charge in [0.05, 0.1) is 4.88 Å². The molecule has 0 spiro atoms. The van der Waals surface area contributed by atoms with Gasteiger partial charge in [-0.15, -0.1) is 22.7 Å². The van der Waals surface area contributed by atoms with E-state index in [4.69, 9.17) is 0 Å². The van der Waals surface area contributed by atoms with E-state index in [0.717, 1.165) is 10.7 Å². The summed E-state index contributed by atoms with van der Waals surface area (Å²) in [6.07, 6.45) is 4.11. The Hall–Kier alpha value is -2.19. The van der Waals surface area contributed by atoms with Gasteiger partial charge in [-0.3, -0.25) is 9.59 Å².